The van der Waals surface area contributed by atoms with Gasteiger partial charge in [-0.3, -0.25) is 0 Å². The molecule has 2 fully saturated rings. The molecule has 0 aromatic rings. The minimum atomic E-state index is 0.356. The number of nitrogens with one attached hydrogen (secondary N) is 1. The molecule has 1 saturated heterocycles. The van der Waals surface area contributed by atoms with Gasteiger partial charge in [0.2, 0.25) is 0 Å². The first kappa shape index (κ1) is 9.30. The number of nitriles is 1. The quantitative estimate of drug-likeness (QED) is 0.654. The zero-order chi connectivity index (χ0) is 9.26. The van der Waals surface area contributed by atoms with Gasteiger partial charge in [0.25, 0.3) is 0 Å². The standard InChI is InChI=1S/C10H15ClN2/c11-8-1-2-9-7(3-4-12)6-13-10(9)5-8/h7-10,13H,1-3,5-6H2. The summed E-state index contributed by atoms with van der Waals surface area (Å²) in [5, 5.41) is 12.5. The van der Waals surface area contributed by atoms with Crippen molar-refractivity contribution >= 4 is 11.6 Å². The Labute approximate surface area is 84.3 Å². The highest BCUT2D eigenvalue weighted by Crippen LogP contribution is 2.37. The molecule has 1 N–H and O–H groups in total. The van der Waals surface area contributed by atoms with Crippen LogP contribution in [0.25, 0.3) is 0 Å². The number of halogens is 1. The van der Waals surface area contributed by atoms with E-state index in [0.717, 1.165) is 25.3 Å². The lowest BCUT2D eigenvalue weighted by Gasteiger charge is -2.30. The fourth-order valence-electron chi connectivity index (χ4n) is 2.74. The van der Waals surface area contributed by atoms with E-state index in [-0.39, 0.29) is 0 Å². The maximum atomic E-state index is 8.67. The Bertz CT molecular complexity index is 223. The van der Waals surface area contributed by atoms with Crippen molar-refractivity contribution in [1.82, 2.24) is 5.32 Å². The van der Waals surface area contributed by atoms with E-state index in [1.54, 1.807) is 0 Å². The lowest BCUT2D eigenvalue weighted by molar-refractivity contribution is 0.279. The molecule has 0 bridgehead atoms. The molecule has 0 spiro atoms. The molecular weight excluding hydrogens is 184 g/mol. The lowest BCUT2D eigenvalue weighted by Crippen LogP contribution is -2.34. The molecule has 2 aliphatic rings. The molecule has 0 radical (unpaired) electrons. The van der Waals surface area contributed by atoms with E-state index in [1.807, 2.05) is 0 Å². The van der Waals surface area contributed by atoms with Crippen molar-refractivity contribution in [1.29, 1.82) is 5.26 Å². The van der Waals surface area contributed by atoms with Crippen molar-refractivity contribution in [3.63, 3.8) is 0 Å². The van der Waals surface area contributed by atoms with Gasteiger partial charge in [-0.15, -0.1) is 11.6 Å². The molecule has 2 rings (SSSR count). The van der Waals surface area contributed by atoms with Gasteiger partial charge in [0.15, 0.2) is 0 Å². The summed E-state index contributed by atoms with van der Waals surface area (Å²) >= 11 is 6.10. The molecule has 1 aliphatic heterocycles. The predicted octanol–water partition coefficient (Wildman–Crippen LogP) is 1.90. The molecule has 4 atom stereocenters. The van der Waals surface area contributed by atoms with E-state index in [4.69, 9.17) is 16.9 Å². The Morgan fingerprint density at radius 3 is 3.08 bits per heavy atom. The molecule has 4 unspecified atom stereocenters. The van der Waals surface area contributed by atoms with Crippen molar-refractivity contribution in [3.8, 4) is 6.07 Å². The molecule has 1 aliphatic carbocycles. The van der Waals surface area contributed by atoms with Crippen LogP contribution in [0.5, 0.6) is 0 Å². The summed E-state index contributed by atoms with van der Waals surface area (Å²) in [4.78, 5) is 0. The smallest absolute Gasteiger partial charge is 0.0625 e. The fraction of sp³-hybridized carbons (Fsp3) is 0.900. The Kier molecular flexibility index (Phi) is 2.76. The molecule has 0 aromatic heterocycles. The average Bonchev–Trinajstić information content (AvgIpc) is 2.49. The largest absolute Gasteiger partial charge is 0.313 e. The van der Waals surface area contributed by atoms with E-state index in [1.165, 1.54) is 6.42 Å². The summed E-state index contributed by atoms with van der Waals surface area (Å²) in [5.74, 6) is 1.30. The van der Waals surface area contributed by atoms with Crippen LogP contribution in [0.3, 0.4) is 0 Å². The molecule has 1 heterocycles. The predicted molar refractivity (Wildman–Crippen MR) is 52.5 cm³/mol. The molecule has 1 saturated carbocycles. The van der Waals surface area contributed by atoms with Crippen LogP contribution in [0.1, 0.15) is 25.7 Å². The number of nitrogens with zero attached hydrogens (tertiary/aromatic N) is 1. The zero-order valence-electron chi connectivity index (χ0n) is 7.67. The normalized spacial score (nSPS) is 44.0. The molecule has 72 valence electrons. The highest BCUT2D eigenvalue weighted by atomic mass is 35.5. The van der Waals surface area contributed by atoms with Crippen molar-refractivity contribution < 1.29 is 0 Å². The minimum Gasteiger partial charge on any atom is -0.313 e. The number of hydrogen-bond acceptors (Lipinski definition) is 2. The Balaban J connectivity index is 1.97. The highest BCUT2D eigenvalue weighted by Gasteiger charge is 2.39. The summed E-state index contributed by atoms with van der Waals surface area (Å²) in [5.41, 5.74) is 0. The number of rotatable bonds is 1. The average molecular weight is 199 g/mol. The zero-order valence-corrected chi connectivity index (χ0v) is 8.43. The van der Waals surface area contributed by atoms with Gasteiger partial charge >= 0.3 is 0 Å². The van der Waals surface area contributed by atoms with Gasteiger partial charge < -0.3 is 5.32 Å². The van der Waals surface area contributed by atoms with Crippen LogP contribution in [-0.4, -0.2) is 18.0 Å². The van der Waals surface area contributed by atoms with E-state index in [2.05, 4.69) is 11.4 Å². The molecule has 13 heavy (non-hydrogen) atoms. The number of alkyl halides is 1. The van der Waals surface area contributed by atoms with E-state index in [0.29, 0.717) is 23.8 Å². The molecule has 3 heteroatoms. The van der Waals surface area contributed by atoms with Gasteiger partial charge in [-0.05, 0) is 37.6 Å². The number of hydrogen-bond donors (Lipinski definition) is 1. The summed E-state index contributed by atoms with van der Waals surface area (Å²) < 4.78 is 0. The Hall–Kier alpha value is -0.260. The van der Waals surface area contributed by atoms with Crippen molar-refractivity contribution in [3.05, 3.63) is 0 Å². The summed E-state index contributed by atoms with van der Waals surface area (Å²) in [7, 11) is 0. The Morgan fingerprint density at radius 1 is 1.46 bits per heavy atom. The minimum absolute atomic E-state index is 0.356. The second-order valence-electron chi connectivity index (χ2n) is 4.21. The first-order valence-electron chi connectivity index (χ1n) is 5.05. The van der Waals surface area contributed by atoms with E-state index in [9.17, 15) is 0 Å². The van der Waals surface area contributed by atoms with Crippen molar-refractivity contribution in [2.45, 2.75) is 37.1 Å². The maximum Gasteiger partial charge on any atom is 0.0625 e. The topological polar surface area (TPSA) is 35.8 Å². The third kappa shape index (κ3) is 1.82. The molecule has 2 nitrogen and oxygen atoms in total. The van der Waals surface area contributed by atoms with Gasteiger partial charge in [0, 0.05) is 17.8 Å². The highest BCUT2D eigenvalue weighted by molar-refractivity contribution is 6.20. The molecule has 0 aromatic carbocycles. The van der Waals surface area contributed by atoms with E-state index >= 15 is 0 Å². The van der Waals surface area contributed by atoms with Gasteiger partial charge in [-0.2, -0.15) is 5.26 Å². The van der Waals surface area contributed by atoms with Crippen LogP contribution in [0, 0.1) is 23.2 Å². The summed E-state index contributed by atoms with van der Waals surface area (Å²) in [6.07, 6.45) is 4.14. The maximum absolute atomic E-state index is 8.67. The molecular formula is C10H15ClN2. The van der Waals surface area contributed by atoms with Gasteiger partial charge in [-0.25, -0.2) is 0 Å². The summed E-state index contributed by atoms with van der Waals surface area (Å²) in [6, 6.07) is 2.87. The van der Waals surface area contributed by atoms with Crippen molar-refractivity contribution in [2.75, 3.05) is 6.54 Å². The monoisotopic (exact) mass is 198 g/mol. The second-order valence-corrected chi connectivity index (χ2v) is 4.83. The molecule has 0 amide bonds. The van der Waals surface area contributed by atoms with Crippen LogP contribution in [-0.2, 0) is 0 Å². The first-order chi connectivity index (χ1) is 6.31. The Morgan fingerprint density at radius 2 is 2.31 bits per heavy atom. The van der Waals surface area contributed by atoms with Gasteiger partial charge in [0.05, 0.1) is 6.07 Å². The van der Waals surface area contributed by atoms with Crippen molar-refractivity contribution in [2.24, 2.45) is 11.8 Å². The van der Waals surface area contributed by atoms with Crippen LogP contribution >= 0.6 is 11.6 Å². The second kappa shape index (κ2) is 3.86. The van der Waals surface area contributed by atoms with Gasteiger partial charge in [0.1, 0.15) is 0 Å². The SMILES string of the molecule is N#CCC1CNC2CC(Cl)CCC12. The number of fused-ring (bicyclic) bond motifs is 1. The lowest BCUT2D eigenvalue weighted by atomic mass is 9.79. The fourth-order valence-corrected chi connectivity index (χ4v) is 3.05. The first-order valence-corrected chi connectivity index (χ1v) is 5.49. The summed E-state index contributed by atoms with van der Waals surface area (Å²) in [6.45, 7) is 1.02. The van der Waals surface area contributed by atoms with Crippen LogP contribution in [0.15, 0.2) is 0 Å². The van der Waals surface area contributed by atoms with E-state index < -0.39 is 0 Å². The van der Waals surface area contributed by atoms with Gasteiger partial charge in [-0.1, -0.05) is 0 Å². The van der Waals surface area contributed by atoms with Crippen LogP contribution in [0.2, 0.25) is 0 Å². The van der Waals surface area contributed by atoms with Crippen LogP contribution < -0.4 is 5.32 Å². The third-order valence-corrected chi connectivity index (χ3v) is 3.84. The third-order valence-electron chi connectivity index (χ3n) is 3.44. The van der Waals surface area contributed by atoms with Crippen LogP contribution in [0.4, 0.5) is 0 Å².